The van der Waals surface area contributed by atoms with Crippen LogP contribution in [-0.4, -0.2) is 22.0 Å². The van der Waals surface area contributed by atoms with Gasteiger partial charge in [0.15, 0.2) is 0 Å². The molecule has 0 radical (unpaired) electrons. The molecule has 0 fully saturated rings. The first-order valence-corrected chi connectivity index (χ1v) is 9.54. The molecule has 0 spiro atoms. The Hall–Kier alpha value is -4.11. The molecule has 0 atom stereocenters. The average Bonchev–Trinajstić information content (AvgIpc) is 3.33. The Bertz CT molecular complexity index is 1160. The van der Waals surface area contributed by atoms with Gasteiger partial charge in [-0.25, -0.2) is 4.68 Å². The predicted octanol–water partition coefficient (Wildman–Crippen LogP) is 4.60. The lowest BCUT2D eigenvalue weighted by Crippen LogP contribution is -2.27. The van der Waals surface area contributed by atoms with Gasteiger partial charge in [0.25, 0.3) is 0 Å². The topological polar surface area (TPSA) is 67.0 Å². The maximum absolute atomic E-state index is 9.64. The number of benzene rings is 3. The van der Waals surface area contributed by atoms with Gasteiger partial charge < -0.3 is 4.74 Å². The lowest BCUT2D eigenvalue weighted by molar-refractivity contribution is 0.415. The Morgan fingerprint density at radius 2 is 1.67 bits per heavy atom. The van der Waals surface area contributed by atoms with E-state index < -0.39 is 0 Å². The standard InChI is InChI=1S/C24H21N5O/c1-18-3-5-19(6-4-18)15-29(28-16-26-27-17-28)22-10-7-21(14-25)24(13-22)20-8-11-23(30-2)12-9-20/h3-13,16-17H,15H2,1-2H3. The second-order valence-corrected chi connectivity index (χ2v) is 6.96. The van der Waals surface area contributed by atoms with E-state index in [1.54, 1.807) is 19.8 Å². The fraction of sp³-hybridized carbons (Fsp3) is 0.125. The zero-order valence-corrected chi connectivity index (χ0v) is 16.9. The fourth-order valence-corrected chi connectivity index (χ4v) is 3.29. The largest absolute Gasteiger partial charge is 0.497 e. The van der Waals surface area contributed by atoms with E-state index in [1.807, 2.05) is 47.1 Å². The van der Waals surface area contributed by atoms with Gasteiger partial charge in [0.1, 0.15) is 18.4 Å². The molecule has 0 bridgehead atoms. The van der Waals surface area contributed by atoms with Crippen molar-refractivity contribution < 1.29 is 4.74 Å². The molecule has 6 heteroatoms. The molecule has 6 nitrogen and oxygen atoms in total. The molecular weight excluding hydrogens is 374 g/mol. The maximum Gasteiger partial charge on any atom is 0.139 e. The molecule has 1 heterocycles. The van der Waals surface area contributed by atoms with Gasteiger partial charge in [0.2, 0.25) is 0 Å². The van der Waals surface area contributed by atoms with Crippen LogP contribution in [0.4, 0.5) is 5.69 Å². The lowest BCUT2D eigenvalue weighted by Gasteiger charge is -2.26. The molecule has 0 unspecified atom stereocenters. The molecule has 3 aromatic carbocycles. The number of methoxy groups -OCH3 is 1. The maximum atomic E-state index is 9.64. The van der Waals surface area contributed by atoms with E-state index in [-0.39, 0.29) is 0 Å². The Morgan fingerprint density at radius 3 is 2.30 bits per heavy atom. The number of ether oxygens (including phenoxy) is 1. The van der Waals surface area contributed by atoms with Crippen LogP contribution < -0.4 is 9.75 Å². The first kappa shape index (κ1) is 19.2. The van der Waals surface area contributed by atoms with Crippen LogP contribution in [0.1, 0.15) is 16.7 Å². The summed E-state index contributed by atoms with van der Waals surface area (Å²) in [6.45, 7) is 2.70. The van der Waals surface area contributed by atoms with E-state index >= 15 is 0 Å². The van der Waals surface area contributed by atoms with Crippen molar-refractivity contribution in [2.75, 3.05) is 12.1 Å². The number of nitriles is 1. The first-order chi connectivity index (χ1) is 14.7. The van der Waals surface area contributed by atoms with E-state index in [0.717, 1.165) is 28.1 Å². The van der Waals surface area contributed by atoms with Crippen LogP contribution in [0.25, 0.3) is 11.1 Å². The van der Waals surface area contributed by atoms with E-state index in [1.165, 1.54) is 5.56 Å². The summed E-state index contributed by atoms with van der Waals surface area (Å²) in [5, 5.41) is 19.6. The number of nitrogens with zero attached hydrogens (tertiary/aromatic N) is 5. The summed E-state index contributed by atoms with van der Waals surface area (Å²) >= 11 is 0. The summed E-state index contributed by atoms with van der Waals surface area (Å²) in [7, 11) is 1.64. The predicted molar refractivity (Wildman–Crippen MR) is 116 cm³/mol. The van der Waals surface area contributed by atoms with E-state index in [2.05, 4.69) is 52.5 Å². The highest BCUT2D eigenvalue weighted by atomic mass is 16.5. The first-order valence-electron chi connectivity index (χ1n) is 9.54. The molecule has 0 aliphatic carbocycles. The third-order valence-corrected chi connectivity index (χ3v) is 4.96. The molecular formula is C24H21N5O. The third-order valence-electron chi connectivity index (χ3n) is 4.96. The minimum Gasteiger partial charge on any atom is -0.497 e. The zero-order valence-electron chi connectivity index (χ0n) is 16.9. The molecule has 0 aliphatic rings. The van der Waals surface area contributed by atoms with E-state index in [4.69, 9.17) is 4.74 Å². The number of aromatic nitrogens is 3. The van der Waals surface area contributed by atoms with Gasteiger partial charge in [0, 0.05) is 5.56 Å². The van der Waals surface area contributed by atoms with Crippen molar-refractivity contribution >= 4 is 5.69 Å². The van der Waals surface area contributed by atoms with Crippen LogP contribution in [0.2, 0.25) is 0 Å². The number of anilines is 1. The number of hydrogen-bond acceptors (Lipinski definition) is 5. The van der Waals surface area contributed by atoms with Gasteiger partial charge in [-0.05, 0) is 48.4 Å². The molecule has 4 rings (SSSR count). The molecule has 0 saturated heterocycles. The minimum atomic E-state index is 0.614. The van der Waals surface area contributed by atoms with Crippen LogP contribution in [0.5, 0.6) is 5.75 Å². The SMILES string of the molecule is COc1ccc(-c2cc(N(Cc3ccc(C)cc3)n3cnnc3)ccc2C#N)cc1. The Labute approximate surface area is 175 Å². The molecule has 0 N–H and O–H groups in total. The zero-order chi connectivity index (χ0) is 20.9. The summed E-state index contributed by atoms with van der Waals surface area (Å²) < 4.78 is 7.10. The Balaban J connectivity index is 1.76. The molecule has 4 aromatic rings. The van der Waals surface area contributed by atoms with Crippen molar-refractivity contribution in [2.45, 2.75) is 13.5 Å². The van der Waals surface area contributed by atoms with Gasteiger partial charge in [-0.3, -0.25) is 5.01 Å². The van der Waals surface area contributed by atoms with Crippen LogP contribution in [-0.2, 0) is 6.54 Å². The van der Waals surface area contributed by atoms with Crippen LogP contribution in [0.15, 0.2) is 79.4 Å². The minimum absolute atomic E-state index is 0.614. The third kappa shape index (κ3) is 4.01. The van der Waals surface area contributed by atoms with Crippen LogP contribution >= 0.6 is 0 Å². The van der Waals surface area contributed by atoms with Crippen molar-refractivity contribution in [3.05, 3.63) is 96.1 Å². The van der Waals surface area contributed by atoms with Gasteiger partial charge in [-0.15, -0.1) is 10.2 Å². The number of rotatable bonds is 6. The van der Waals surface area contributed by atoms with Crippen LogP contribution in [0, 0.1) is 18.3 Å². The summed E-state index contributed by atoms with van der Waals surface area (Å²) in [6, 6.07) is 24.2. The van der Waals surface area contributed by atoms with Crippen molar-refractivity contribution in [3.8, 4) is 22.9 Å². The smallest absolute Gasteiger partial charge is 0.139 e. The molecule has 0 amide bonds. The van der Waals surface area contributed by atoms with Gasteiger partial charge >= 0.3 is 0 Å². The second kappa shape index (κ2) is 8.50. The monoisotopic (exact) mass is 395 g/mol. The van der Waals surface area contributed by atoms with E-state index in [0.29, 0.717) is 12.1 Å². The van der Waals surface area contributed by atoms with Crippen molar-refractivity contribution in [2.24, 2.45) is 0 Å². The highest BCUT2D eigenvalue weighted by Gasteiger charge is 2.14. The highest BCUT2D eigenvalue weighted by Crippen LogP contribution is 2.30. The molecule has 1 aromatic heterocycles. The molecule has 148 valence electrons. The lowest BCUT2D eigenvalue weighted by atomic mass is 9.99. The number of hydrogen-bond donors (Lipinski definition) is 0. The molecule has 0 aliphatic heterocycles. The number of aryl methyl sites for hydroxylation is 1. The molecule has 0 saturated carbocycles. The van der Waals surface area contributed by atoms with Crippen molar-refractivity contribution in [3.63, 3.8) is 0 Å². The quantitative estimate of drug-likeness (QED) is 0.477. The summed E-state index contributed by atoms with van der Waals surface area (Å²) in [5.41, 5.74) is 5.73. The van der Waals surface area contributed by atoms with Crippen LogP contribution in [0.3, 0.4) is 0 Å². The second-order valence-electron chi connectivity index (χ2n) is 6.96. The fourth-order valence-electron chi connectivity index (χ4n) is 3.29. The summed E-state index contributed by atoms with van der Waals surface area (Å²) in [6.07, 6.45) is 3.33. The molecule has 30 heavy (non-hydrogen) atoms. The van der Waals surface area contributed by atoms with Gasteiger partial charge in [-0.2, -0.15) is 5.26 Å². The van der Waals surface area contributed by atoms with Gasteiger partial charge in [0.05, 0.1) is 31.0 Å². The normalized spacial score (nSPS) is 10.4. The Kier molecular flexibility index (Phi) is 5.44. The van der Waals surface area contributed by atoms with E-state index in [9.17, 15) is 5.26 Å². The highest BCUT2D eigenvalue weighted by molar-refractivity contribution is 5.75. The average molecular weight is 395 g/mol. The Morgan fingerprint density at radius 1 is 0.967 bits per heavy atom. The summed E-state index contributed by atoms with van der Waals surface area (Å²) in [4.78, 5) is 0. The van der Waals surface area contributed by atoms with Crippen molar-refractivity contribution in [1.29, 1.82) is 5.26 Å². The van der Waals surface area contributed by atoms with Gasteiger partial charge in [-0.1, -0.05) is 42.0 Å². The van der Waals surface area contributed by atoms with Crippen molar-refractivity contribution in [1.82, 2.24) is 14.9 Å². The summed E-state index contributed by atoms with van der Waals surface area (Å²) in [5.74, 6) is 0.777.